The predicted molar refractivity (Wildman–Crippen MR) is 79.4 cm³/mol. The van der Waals surface area contributed by atoms with Gasteiger partial charge in [-0.05, 0) is 38.8 Å². The van der Waals surface area contributed by atoms with E-state index in [0.717, 1.165) is 30.2 Å². The molecular formula is C14H21N3O2S. The number of likely N-dealkylation sites (tertiary alicyclic amines) is 1. The smallest absolute Gasteiger partial charge is 0.357 e. The number of nitrogens with zero attached hydrogens (tertiary/aromatic N) is 3. The first-order chi connectivity index (χ1) is 9.69. The van der Waals surface area contributed by atoms with Crippen molar-refractivity contribution >= 4 is 22.4 Å². The van der Waals surface area contributed by atoms with Crippen LogP contribution in [-0.2, 0) is 4.74 Å². The molecule has 1 aromatic heterocycles. The Morgan fingerprint density at radius 3 is 3.10 bits per heavy atom. The molecule has 110 valence electrons. The molecular weight excluding hydrogens is 274 g/mol. The number of hydrogen-bond donors (Lipinski definition) is 0. The van der Waals surface area contributed by atoms with Crippen LogP contribution >= 0.6 is 11.3 Å². The molecule has 1 aromatic rings. The summed E-state index contributed by atoms with van der Waals surface area (Å²) in [5, 5.41) is 2.75. The second-order valence-corrected chi connectivity index (χ2v) is 6.53. The van der Waals surface area contributed by atoms with Crippen LogP contribution in [0.3, 0.4) is 0 Å². The maximum Gasteiger partial charge on any atom is 0.357 e. The number of piperidine rings is 2. The molecule has 0 aliphatic carbocycles. The highest BCUT2D eigenvalue weighted by molar-refractivity contribution is 7.13. The molecule has 0 radical (unpaired) electrons. The molecule has 0 spiro atoms. The molecule has 3 heterocycles. The summed E-state index contributed by atoms with van der Waals surface area (Å²) in [5.41, 5.74) is 0.426. The normalized spacial score (nSPS) is 27.2. The highest BCUT2D eigenvalue weighted by Gasteiger charge is 2.35. The van der Waals surface area contributed by atoms with Gasteiger partial charge in [0.15, 0.2) is 10.8 Å². The number of fused-ring (bicyclic) bond motifs is 1. The fraction of sp³-hybridized carbons (Fsp3) is 0.714. The summed E-state index contributed by atoms with van der Waals surface area (Å²) in [6, 6.07) is 0.722. The van der Waals surface area contributed by atoms with Gasteiger partial charge in [-0.1, -0.05) is 0 Å². The zero-order chi connectivity index (χ0) is 14.1. The zero-order valence-electron chi connectivity index (χ0n) is 12.0. The summed E-state index contributed by atoms with van der Waals surface area (Å²) in [5.74, 6) is 0.382. The number of esters is 1. The number of carbonyl (C=O) groups is 1. The molecule has 2 saturated heterocycles. The van der Waals surface area contributed by atoms with E-state index in [1.54, 1.807) is 16.7 Å². The van der Waals surface area contributed by atoms with E-state index < -0.39 is 0 Å². The van der Waals surface area contributed by atoms with Crippen LogP contribution in [0.25, 0.3) is 0 Å². The number of ether oxygens (including phenoxy) is 1. The van der Waals surface area contributed by atoms with Crippen molar-refractivity contribution in [2.75, 3.05) is 38.7 Å². The first kappa shape index (κ1) is 13.8. The third kappa shape index (κ3) is 2.54. The monoisotopic (exact) mass is 295 g/mol. The van der Waals surface area contributed by atoms with E-state index in [9.17, 15) is 4.79 Å². The Balaban J connectivity index is 1.70. The fourth-order valence-corrected chi connectivity index (χ4v) is 4.27. The SMILES string of the molecule is COC(=O)c1csc(N2CCC3C(CCCN3C)C2)n1. The predicted octanol–water partition coefficient (Wildman–Crippen LogP) is 1.85. The van der Waals surface area contributed by atoms with Gasteiger partial charge in [-0.25, -0.2) is 9.78 Å². The van der Waals surface area contributed by atoms with E-state index in [4.69, 9.17) is 4.74 Å². The second-order valence-electron chi connectivity index (χ2n) is 5.69. The van der Waals surface area contributed by atoms with Crippen molar-refractivity contribution in [1.29, 1.82) is 0 Å². The third-order valence-electron chi connectivity index (χ3n) is 4.50. The number of rotatable bonds is 2. The summed E-state index contributed by atoms with van der Waals surface area (Å²) < 4.78 is 4.72. The van der Waals surface area contributed by atoms with Gasteiger partial charge in [-0.15, -0.1) is 11.3 Å². The Bertz CT molecular complexity index is 491. The molecule has 5 nitrogen and oxygen atoms in total. The molecule has 6 heteroatoms. The first-order valence-electron chi connectivity index (χ1n) is 7.18. The van der Waals surface area contributed by atoms with Crippen molar-refractivity contribution in [3.63, 3.8) is 0 Å². The van der Waals surface area contributed by atoms with E-state index in [1.165, 1.54) is 32.9 Å². The Morgan fingerprint density at radius 2 is 2.30 bits per heavy atom. The molecule has 2 atom stereocenters. The van der Waals surface area contributed by atoms with Crippen molar-refractivity contribution < 1.29 is 9.53 Å². The van der Waals surface area contributed by atoms with Gasteiger partial charge >= 0.3 is 5.97 Å². The maximum absolute atomic E-state index is 11.5. The molecule has 2 aliphatic heterocycles. The molecule has 20 heavy (non-hydrogen) atoms. The largest absolute Gasteiger partial charge is 0.464 e. The molecule has 0 N–H and O–H groups in total. The average molecular weight is 295 g/mol. The first-order valence-corrected chi connectivity index (χ1v) is 8.06. The van der Waals surface area contributed by atoms with E-state index in [0.29, 0.717) is 5.69 Å². The molecule has 0 amide bonds. The number of thiazole rings is 1. The Kier molecular flexibility index (Phi) is 3.94. The molecule has 3 rings (SSSR count). The van der Waals surface area contributed by atoms with Crippen molar-refractivity contribution in [3.05, 3.63) is 11.1 Å². The quantitative estimate of drug-likeness (QED) is 0.779. The van der Waals surface area contributed by atoms with Gasteiger partial charge in [0.1, 0.15) is 0 Å². The van der Waals surface area contributed by atoms with Crippen LogP contribution in [0.4, 0.5) is 5.13 Å². The van der Waals surface area contributed by atoms with Gasteiger partial charge in [0, 0.05) is 24.5 Å². The van der Waals surface area contributed by atoms with Crippen LogP contribution in [0.15, 0.2) is 5.38 Å². The van der Waals surface area contributed by atoms with Crippen LogP contribution in [0.2, 0.25) is 0 Å². The number of hydrogen-bond acceptors (Lipinski definition) is 6. The van der Waals surface area contributed by atoms with Crippen molar-refractivity contribution in [2.45, 2.75) is 25.3 Å². The lowest BCUT2D eigenvalue weighted by Crippen LogP contribution is -2.52. The minimum absolute atomic E-state index is 0.347. The van der Waals surface area contributed by atoms with Gasteiger partial charge in [-0.2, -0.15) is 0 Å². The zero-order valence-corrected chi connectivity index (χ0v) is 12.9. The third-order valence-corrected chi connectivity index (χ3v) is 5.40. The second kappa shape index (κ2) is 5.69. The average Bonchev–Trinajstić information content (AvgIpc) is 2.96. The van der Waals surface area contributed by atoms with Gasteiger partial charge in [-0.3, -0.25) is 0 Å². The molecule has 0 saturated carbocycles. The van der Waals surface area contributed by atoms with E-state index >= 15 is 0 Å². The van der Waals surface area contributed by atoms with Gasteiger partial charge in [0.05, 0.1) is 7.11 Å². The van der Waals surface area contributed by atoms with Gasteiger partial charge in [0.2, 0.25) is 0 Å². The Hall–Kier alpha value is -1.14. The summed E-state index contributed by atoms with van der Waals surface area (Å²) >= 11 is 1.54. The van der Waals surface area contributed by atoms with Gasteiger partial charge < -0.3 is 14.5 Å². The summed E-state index contributed by atoms with van der Waals surface area (Å²) in [6.07, 6.45) is 3.78. The lowest BCUT2D eigenvalue weighted by Gasteiger charge is -2.45. The Labute approximate surface area is 123 Å². The number of anilines is 1. The van der Waals surface area contributed by atoms with Crippen molar-refractivity contribution in [1.82, 2.24) is 9.88 Å². The summed E-state index contributed by atoms with van der Waals surface area (Å²) in [6.45, 7) is 3.31. The molecule has 0 aromatic carbocycles. The van der Waals surface area contributed by atoms with E-state index in [2.05, 4.69) is 21.8 Å². The topological polar surface area (TPSA) is 45.7 Å². The maximum atomic E-state index is 11.5. The van der Waals surface area contributed by atoms with Crippen LogP contribution < -0.4 is 4.90 Å². The molecule has 2 fully saturated rings. The van der Waals surface area contributed by atoms with Crippen LogP contribution in [0, 0.1) is 5.92 Å². The molecule has 0 bridgehead atoms. The van der Waals surface area contributed by atoms with Crippen LogP contribution in [0.5, 0.6) is 0 Å². The van der Waals surface area contributed by atoms with Gasteiger partial charge in [0.25, 0.3) is 0 Å². The minimum atomic E-state index is -0.347. The summed E-state index contributed by atoms with van der Waals surface area (Å²) in [7, 11) is 3.63. The van der Waals surface area contributed by atoms with Crippen LogP contribution in [-0.4, -0.2) is 55.7 Å². The van der Waals surface area contributed by atoms with E-state index in [-0.39, 0.29) is 5.97 Å². The lowest BCUT2D eigenvalue weighted by atomic mass is 9.84. The van der Waals surface area contributed by atoms with Crippen LogP contribution in [0.1, 0.15) is 29.8 Å². The Morgan fingerprint density at radius 1 is 1.45 bits per heavy atom. The number of methoxy groups -OCH3 is 1. The lowest BCUT2D eigenvalue weighted by molar-refractivity contribution is 0.0595. The number of aromatic nitrogens is 1. The van der Waals surface area contributed by atoms with E-state index in [1.807, 2.05) is 0 Å². The highest BCUT2D eigenvalue weighted by Crippen LogP contribution is 2.33. The standard InChI is InChI=1S/C14H21N3O2S/c1-16-6-3-4-10-8-17(7-5-12(10)16)14-15-11(9-20-14)13(18)19-2/h9-10,12H,3-8H2,1-2H3. The fourth-order valence-electron chi connectivity index (χ4n) is 3.43. The number of carbonyl (C=O) groups excluding carboxylic acids is 1. The summed E-state index contributed by atoms with van der Waals surface area (Å²) in [4.78, 5) is 20.7. The van der Waals surface area contributed by atoms with Crippen molar-refractivity contribution in [2.24, 2.45) is 5.92 Å². The van der Waals surface area contributed by atoms with Crippen molar-refractivity contribution in [3.8, 4) is 0 Å². The molecule has 2 unspecified atom stereocenters. The molecule has 2 aliphatic rings. The minimum Gasteiger partial charge on any atom is -0.464 e. The highest BCUT2D eigenvalue weighted by atomic mass is 32.1.